The lowest BCUT2D eigenvalue weighted by Gasteiger charge is -2.56. The third kappa shape index (κ3) is 3.72. The molecule has 6 heteroatoms. The van der Waals surface area contributed by atoms with Crippen LogP contribution < -0.4 is 0 Å². The smallest absolute Gasteiger partial charge is 0.302 e. The van der Waals surface area contributed by atoms with Crippen molar-refractivity contribution in [3.05, 3.63) is 24.8 Å². The SMILES string of the molecule is C=C1CCC2C(OC(C)=O)C([C@@]3(C)CC[C@H](O)C[C@@H]3CCn3cncn3)CCC12C. The van der Waals surface area contributed by atoms with Crippen LogP contribution in [-0.4, -0.2) is 38.0 Å². The molecular weight excluding hydrogens is 378 g/mol. The van der Waals surface area contributed by atoms with Crippen LogP contribution in [0.3, 0.4) is 0 Å². The number of nitrogens with zero attached hydrogens (tertiary/aromatic N) is 3. The van der Waals surface area contributed by atoms with Crippen LogP contribution in [0.15, 0.2) is 24.8 Å². The number of aromatic nitrogens is 3. The molecule has 0 saturated heterocycles. The maximum Gasteiger partial charge on any atom is 0.302 e. The zero-order valence-corrected chi connectivity index (χ0v) is 18.7. The minimum atomic E-state index is -0.244. The third-order valence-electron chi connectivity index (χ3n) is 8.98. The second-order valence-corrected chi connectivity index (χ2v) is 10.5. The van der Waals surface area contributed by atoms with E-state index in [0.29, 0.717) is 17.8 Å². The molecule has 4 unspecified atom stereocenters. The third-order valence-corrected chi connectivity index (χ3v) is 8.98. The first-order chi connectivity index (χ1) is 14.2. The van der Waals surface area contributed by atoms with Gasteiger partial charge in [0.2, 0.25) is 0 Å². The predicted octanol–water partition coefficient (Wildman–Crippen LogP) is 4.15. The van der Waals surface area contributed by atoms with Gasteiger partial charge in [-0.25, -0.2) is 4.98 Å². The zero-order chi connectivity index (χ0) is 21.5. The number of aliphatic hydroxyl groups is 1. The van der Waals surface area contributed by atoms with Crippen molar-refractivity contribution in [1.29, 1.82) is 0 Å². The van der Waals surface area contributed by atoms with Gasteiger partial charge < -0.3 is 9.84 Å². The number of esters is 1. The van der Waals surface area contributed by atoms with Gasteiger partial charge in [0, 0.05) is 25.3 Å². The van der Waals surface area contributed by atoms with Gasteiger partial charge in [0.05, 0.1) is 6.10 Å². The minimum absolute atomic E-state index is 0.0329. The number of ether oxygens (including phenoxy) is 1. The maximum absolute atomic E-state index is 12.1. The summed E-state index contributed by atoms with van der Waals surface area (Å²) >= 11 is 0. The Morgan fingerprint density at radius 2 is 2.10 bits per heavy atom. The lowest BCUT2D eigenvalue weighted by molar-refractivity contribution is -0.173. The molecule has 1 aromatic rings. The number of hydrogen-bond acceptors (Lipinski definition) is 5. The number of carbonyl (C=O) groups is 1. The van der Waals surface area contributed by atoms with Crippen molar-refractivity contribution in [1.82, 2.24) is 14.8 Å². The molecule has 1 N–H and O–H groups in total. The van der Waals surface area contributed by atoms with Gasteiger partial charge in [-0.3, -0.25) is 9.48 Å². The van der Waals surface area contributed by atoms with E-state index in [9.17, 15) is 9.90 Å². The van der Waals surface area contributed by atoms with Crippen molar-refractivity contribution in [2.24, 2.45) is 28.6 Å². The van der Waals surface area contributed by atoms with Crippen LogP contribution in [0.2, 0.25) is 0 Å². The quantitative estimate of drug-likeness (QED) is 0.577. The highest BCUT2D eigenvalue weighted by Gasteiger charge is 2.58. The molecule has 3 fully saturated rings. The van der Waals surface area contributed by atoms with E-state index < -0.39 is 0 Å². The number of allylic oxidation sites excluding steroid dienone is 1. The molecule has 30 heavy (non-hydrogen) atoms. The summed E-state index contributed by atoms with van der Waals surface area (Å²) in [6.07, 6.45) is 10.9. The van der Waals surface area contributed by atoms with E-state index in [0.717, 1.165) is 57.9 Å². The van der Waals surface area contributed by atoms with Crippen LogP contribution in [-0.2, 0) is 16.1 Å². The van der Waals surface area contributed by atoms with E-state index in [-0.39, 0.29) is 29.0 Å². The standard InChI is InChI=1S/C24H37N3O3/c1-16-5-6-20-22(30-17(2)28)21(8-11-23(16,20)3)24(4)10-7-19(29)13-18(24)9-12-27-15-25-14-26-27/h14-15,18-22,29H,1,5-13H2,2-4H3/t18-,19-,20?,21?,22?,23?,24-/m0/s1. The van der Waals surface area contributed by atoms with Crippen molar-refractivity contribution >= 4 is 5.97 Å². The number of aliphatic hydroxyl groups excluding tert-OH is 1. The Morgan fingerprint density at radius 3 is 2.80 bits per heavy atom. The van der Waals surface area contributed by atoms with Gasteiger partial charge in [-0.2, -0.15) is 5.10 Å². The van der Waals surface area contributed by atoms with Crippen molar-refractivity contribution in [3.63, 3.8) is 0 Å². The fraction of sp³-hybridized carbons (Fsp3) is 0.792. The first-order valence-corrected chi connectivity index (χ1v) is 11.6. The van der Waals surface area contributed by atoms with E-state index in [2.05, 4.69) is 30.5 Å². The minimum Gasteiger partial charge on any atom is -0.462 e. The lowest BCUT2D eigenvalue weighted by Crippen LogP contribution is -2.54. The van der Waals surface area contributed by atoms with E-state index in [4.69, 9.17) is 4.74 Å². The molecule has 0 radical (unpaired) electrons. The molecule has 166 valence electrons. The second kappa shape index (κ2) is 8.10. The Morgan fingerprint density at radius 1 is 1.30 bits per heavy atom. The summed E-state index contributed by atoms with van der Waals surface area (Å²) < 4.78 is 7.98. The molecule has 0 amide bonds. The molecule has 3 aliphatic carbocycles. The highest BCUT2D eigenvalue weighted by atomic mass is 16.5. The molecular formula is C24H37N3O3. The normalized spacial score (nSPS) is 41.5. The summed E-state index contributed by atoms with van der Waals surface area (Å²) in [6.45, 7) is 11.4. The first-order valence-electron chi connectivity index (χ1n) is 11.6. The largest absolute Gasteiger partial charge is 0.462 e. The number of hydrogen-bond donors (Lipinski definition) is 1. The molecule has 4 rings (SSSR count). The van der Waals surface area contributed by atoms with Crippen LogP contribution in [0.5, 0.6) is 0 Å². The highest BCUT2D eigenvalue weighted by molar-refractivity contribution is 5.66. The van der Waals surface area contributed by atoms with Gasteiger partial charge in [-0.15, -0.1) is 0 Å². The van der Waals surface area contributed by atoms with Gasteiger partial charge in [-0.05, 0) is 68.1 Å². The molecule has 3 saturated carbocycles. The monoisotopic (exact) mass is 415 g/mol. The first kappa shape index (κ1) is 21.5. The summed E-state index contributed by atoms with van der Waals surface area (Å²) in [4.78, 5) is 16.2. The molecule has 0 aliphatic heterocycles. The van der Waals surface area contributed by atoms with E-state index in [1.165, 1.54) is 5.57 Å². The van der Waals surface area contributed by atoms with Crippen molar-refractivity contribution < 1.29 is 14.6 Å². The van der Waals surface area contributed by atoms with Crippen LogP contribution in [0.4, 0.5) is 0 Å². The van der Waals surface area contributed by atoms with Crippen molar-refractivity contribution in [2.45, 2.75) is 90.9 Å². The Balaban J connectivity index is 1.61. The zero-order valence-electron chi connectivity index (χ0n) is 18.7. The molecule has 1 aromatic heterocycles. The van der Waals surface area contributed by atoms with Gasteiger partial charge in [0.15, 0.2) is 0 Å². The molecule has 3 aliphatic rings. The molecule has 1 heterocycles. The van der Waals surface area contributed by atoms with E-state index in [1.807, 2.05) is 4.68 Å². The van der Waals surface area contributed by atoms with E-state index in [1.54, 1.807) is 19.6 Å². The van der Waals surface area contributed by atoms with Crippen LogP contribution in [0.1, 0.15) is 72.1 Å². The summed E-state index contributed by atoms with van der Waals surface area (Å²) in [7, 11) is 0. The summed E-state index contributed by atoms with van der Waals surface area (Å²) in [5, 5.41) is 14.7. The van der Waals surface area contributed by atoms with E-state index >= 15 is 0 Å². The Labute approximate surface area is 180 Å². The average molecular weight is 416 g/mol. The van der Waals surface area contributed by atoms with Crippen molar-refractivity contribution in [2.75, 3.05) is 0 Å². The van der Waals surface area contributed by atoms with Gasteiger partial charge in [-0.1, -0.05) is 26.0 Å². The van der Waals surface area contributed by atoms with Crippen LogP contribution in [0.25, 0.3) is 0 Å². The molecule has 0 aromatic carbocycles. The van der Waals surface area contributed by atoms with Crippen molar-refractivity contribution in [3.8, 4) is 0 Å². The number of fused-ring (bicyclic) bond motifs is 1. The summed E-state index contributed by atoms with van der Waals surface area (Å²) in [6, 6.07) is 0. The lowest BCUT2D eigenvalue weighted by atomic mass is 9.51. The number of carbonyl (C=O) groups excluding carboxylic acids is 1. The number of aryl methyl sites for hydroxylation is 1. The Bertz CT molecular complexity index is 779. The van der Waals surface area contributed by atoms with Crippen LogP contribution in [0, 0.1) is 28.6 Å². The second-order valence-electron chi connectivity index (χ2n) is 10.5. The predicted molar refractivity (Wildman–Crippen MR) is 114 cm³/mol. The highest BCUT2D eigenvalue weighted by Crippen LogP contribution is 2.62. The van der Waals surface area contributed by atoms with Gasteiger partial charge in [0.25, 0.3) is 0 Å². The molecule has 6 nitrogen and oxygen atoms in total. The Hall–Kier alpha value is -1.69. The molecule has 0 spiro atoms. The Kier molecular flexibility index (Phi) is 5.82. The fourth-order valence-corrected chi connectivity index (χ4v) is 7.02. The van der Waals surface area contributed by atoms with Gasteiger partial charge in [0.1, 0.15) is 18.8 Å². The number of rotatable bonds is 5. The average Bonchev–Trinajstić information content (AvgIpc) is 3.31. The maximum atomic E-state index is 12.1. The summed E-state index contributed by atoms with van der Waals surface area (Å²) in [5.74, 6) is 0.860. The topological polar surface area (TPSA) is 77.2 Å². The molecule has 0 bridgehead atoms. The van der Waals surface area contributed by atoms with Gasteiger partial charge >= 0.3 is 5.97 Å². The van der Waals surface area contributed by atoms with Crippen LogP contribution >= 0.6 is 0 Å². The molecule has 7 atom stereocenters. The summed E-state index contributed by atoms with van der Waals surface area (Å²) in [5.41, 5.74) is 1.44. The fourth-order valence-electron chi connectivity index (χ4n) is 7.02.